The Labute approximate surface area is 82.7 Å². The van der Waals surface area contributed by atoms with Crippen molar-refractivity contribution in [1.29, 1.82) is 0 Å². The molecule has 1 unspecified atom stereocenters. The fourth-order valence-corrected chi connectivity index (χ4v) is 1.88. The number of allylic oxidation sites excluding steroid dienone is 1. The van der Waals surface area contributed by atoms with E-state index in [1.807, 2.05) is 13.1 Å². The van der Waals surface area contributed by atoms with Crippen molar-refractivity contribution in [3.63, 3.8) is 0 Å². The molecule has 0 aliphatic rings. The number of aromatic nitrogens is 1. The van der Waals surface area contributed by atoms with Crippen LogP contribution >= 0.6 is 11.3 Å². The Morgan fingerprint density at radius 1 is 1.69 bits per heavy atom. The van der Waals surface area contributed by atoms with Crippen LogP contribution in [0.3, 0.4) is 0 Å². The summed E-state index contributed by atoms with van der Waals surface area (Å²) < 4.78 is 0. The van der Waals surface area contributed by atoms with Gasteiger partial charge in [-0.1, -0.05) is 11.6 Å². The smallest absolute Gasteiger partial charge is 0.0897 e. The van der Waals surface area contributed by atoms with Crippen LogP contribution in [-0.4, -0.2) is 4.98 Å². The Morgan fingerprint density at radius 2 is 2.38 bits per heavy atom. The number of hydrazine groups is 1. The van der Waals surface area contributed by atoms with Gasteiger partial charge >= 0.3 is 0 Å². The lowest BCUT2D eigenvalue weighted by atomic mass is 10.2. The minimum Gasteiger partial charge on any atom is -0.271 e. The van der Waals surface area contributed by atoms with Crippen LogP contribution in [0, 0.1) is 6.92 Å². The zero-order valence-corrected chi connectivity index (χ0v) is 8.98. The summed E-state index contributed by atoms with van der Waals surface area (Å²) >= 11 is 1.66. The van der Waals surface area contributed by atoms with Crippen molar-refractivity contribution in [2.75, 3.05) is 0 Å². The predicted molar refractivity (Wildman–Crippen MR) is 56.3 cm³/mol. The Hall–Kier alpha value is -0.710. The first kappa shape index (κ1) is 10.4. The average Bonchev–Trinajstić information content (AvgIpc) is 2.47. The number of nitrogens with one attached hydrogen (secondary N) is 1. The summed E-state index contributed by atoms with van der Waals surface area (Å²) in [6, 6.07) is 0.0937. The van der Waals surface area contributed by atoms with E-state index in [4.69, 9.17) is 5.84 Å². The minimum absolute atomic E-state index is 0.0937. The molecular weight excluding hydrogens is 182 g/mol. The van der Waals surface area contributed by atoms with Crippen LogP contribution in [0.15, 0.2) is 17.8 Å². The number of hydrogen-bond acceptors (Lipinski definition) is 4. The van der Waals surface area contributed by atoms with Gasteiger partial charge in [-0.25, -0.2) is 10.4 Å². The molecule has 3 nitrogen and oxygen atoms in total. The molecule has 0 radical (unpaired) electrons. The van der Waals surface area contributed by atoms with Gasteiger partial charge in [0.2, 0.25) is 0 Å². The number of nitrogens with two attached hydrogens (primary N) is 1. The fraction of sp³-hybridized carbons (Fsp3) is 0.444. The Kier molecular flexibility index (Phi) is 3.59. The van der Waals surface area contributed by atoms with Gasteiger partial charge in [-0.3, -0.25) is 5.84 Å². The summed E-state index contributed by atoms with van der Waals surface area (Å²) in [6.07, 6.45) is 3.96. The number of rotatable bonds is 3. The number of nitrogens with zero attached hydrogens (tertiary/aromatic N) is 1. The van der Waals surface area contributed by atoms with E-state index in [9.17, 15) is 0 Å². The van der Waals surface area contributed by atoms with E-state index in [1.165, 1.54) is 5.57 Å². The second kappa shape index (κ2) is 4.50. The van der Waals surface area contributed by atoms with Crippen LogP contribution in [0.25, 0.3) is 0 Å². The van der Waals surface area contributed by atoms with E-state index < -0.39 is 0 Å². The van der Waals surface area contributed by atoms with Gasteiger partial charge in [-0.2, -0.15) is 0 Å². The fourth-order valence-electron chi connectivity index (χ4n) is 1.07. The average molecular weight is 197 g/mol. The lowest BCUT2D eigenvalue weighted by Gasteiger charge is -2.08. The van der Waals surface area contributed by atoms with E-state index in [0.717, 1.165) is 9.88 Å². The molecule has 0 aliphatic heterocycles. The maximum atomic E-state index is 5.45. The first-order valence-corrected chi connectivity index (χ1v) is 4.98. The lowest BCUT2D eigenvalue weighted by molar-refractivity contribution is 0.660. The molecule has 1 heterocycles. The van der Waals surface area contributed by atoms with Crippen molar-refractivity contribution in [3.05, 3.63) is 27.7 Å². The number of hydrogen-bond donors (Lipinski definition) is 2. The molecule has 0 saturated heterocycles. The summed E-state index contributed by atoms with van der Waals surface area (Å²) in [4.78, 5) is 5.34. The van der Waals surface area contributed by atoms with Crippen molar-refractivity contribution in [2.24, 2.45) is 5.84 Å². The van der Waals surface area contributed by atoms with Crippen LogP contribution in [-0.2, 0) is 0 Å². The highest BCUT2D eigenvalue weighted by Crippen LogP contribution is 2.21. The topological polar surface area (TPSA) is 50.9 Å². The predicted octanol–water partition coefficient (Wildman–Crippen LogP) is 1.92. The Morgan fingerprint density at radius 3 is 2.77 bits per heavy atom. The van der Waals surface area contributed by atoms with Crippen molar-refractivity contribution < 1.29 is 0 Å². The van der Waals surface area contributed by atoms with Gasteiger partial charge in [-0.05, 0) is 20.8 Å². The molecule has 1 atom stereocenters. The standard InChI is InChI=1S/C9H15N3S/c1-6(2)4-8(12-10)9-5-11-7(3)13-9/h4-5,8,12H,10H2,1-3H3. The van der Waals surface area contributed by atoms with Gasteiger partial charge in [0, 0.05) is 11.1 Å². The first-order chi connectivity index (χ1) is 6.13. The Bertz CT molecular complexity index is 300. The normalized spacial score (nSPS) is 12.6. The first-order valence-electron chi connectivity index (χ1n) is 4.17. The number of thiazole rings is 1. The van der Waals surface area contributed by atoms with Gasteiger partial charge in [0.05, 0.1) is 11.0 Å². The lowest BCUT2D eigenvalue weighted by Crippen LogP contribution is -2.26. The molecule has 1 aromatic heterocycles. The zero-order chi connectivity index (χ0) is 9.84. The monoisotopic (exact) mass is 197 g/mol. The molecule has 0 aliphatic carbocycles. The van der Waals surface area contributed by atoms with E-state index in [-0.39, 0.29) is 6.04 Å². The summed E-state index contributed by atoms with van der Waals surface area (Å²) in [6.45, 7) is 6.10. The third-order valence-electron chi connectivity index (χ3n) is 1.63. The van der Waals surface area contributed by atoms with Crippen LogP contribution in [0.2, 0.25) is 0 Å². The molecular formula is C9H15N3S. The summed E-state index contributed by atoms with van der Waals surface area (Å²) in [5.41, 5.74) is 4.00. The minimum atomic E-state index is 0.0937. The van der Waals surface area contributed by atoms with Crippen LogP contribution in [0.1, 0.15) is 29.8 Å². The molecule has 0 saturated carbocycles. The van der Waals surface area contributed by atoms with Crippen molar-refractivity contribution >= 4 is 11.3 Å². The SMILES string of the molecule is CC(C)=CC(NN)c1cnc(C)s1. The highest BCUT2D eigenvalue weighted by molar-refractivity contribution is 7.11. The highest BCUT2D eigenvalue weighted by Gasteiger charge is 2.08. The van der Waals surface area contributed by atoms with Gasteiger partial charge in [0.1, 0.15) is 0 Å². The van der Waals surface area contributed by atoms with Crippen LogP contribution in [0.4, 0.5) is 0 Å². The second-order valence-electron chi connectivity index (χ2n) is 3.17. The second-order valence-corrected chi connectivity index (χ2v) is 4.44. The van der Waals surface area contributed by atoms with Crippen LogP contribution < -0.4 is 11.3 Å². The molecule has 1 aromatic rings. The van der Waals surface area contributed by atoms with Gasteiger partial charge in [0.15, 0.2) is 0 Å². The zero-order valence-electron chi connectivity index (χ0n) is 8.16. The highest BCUT2D eigenvalue weighted by atomic mass is 32.1. The summed E-state index contributed by atoms with van der Waals surface area (Å²) in [5.74, 6) is 5.45. The van der Waals surface area contributed by atoms with Crippen molar-refractivity contribution in [1.82, 2.24) is 10.4 Å². The molecule has 0 aromatic carbocycles. The molecule has 4 heteroatoms. The third-order valence-corrected chi connectivity index (χ3v) is 2.62. The van der Waals surface area contributed by atoms with Crippen LogP contribution in [0.5, 0.6) is 0 Å². The van der Waals surface area contributed by atoms with E-state index in [0.29, 0.717) is 0 Å². The molecule has 0 fully saturated rings. The van der Waals surface area contributed by atoms with Gasteiger partial charge in [0.25, 0.3) is 0 Å². The van der Waals surface area contributed by atoms with Crippen molar-refractivity contribution in [3.8, 4) is 0 Å². The van der Waals surface area contributed by atoms with Gasteiger partial charge in [-0.15, -0.1) is 11.3 Å². The van der Waals surface area contributed by atoms with E-state index >= 15 is 0 Å². The molecule has 1 rings (SSSR count). The summed E-state index contributed by atoms with van der Waals surface area (Å²) in [5, 5.41) is 1.07. The maximum absolute atomic E-state index is 5.45. The molecule has 3 N–H and O–H groups in total. The summed E-state index contributed by atoms with van der Waals surface area (Å²) in [7, 11) is 0. The third kappa shape index (κ3) is 2.91. The molecule has 0 bridgehead atoms. The van der Waals surface area contributed by atoms with Crippen molar-refractivity contribution in [2.45, 2.75) is 26.8 Å². The number of aryl methyl sites for hydroxylation is 1. The molecule has 0 amide bonds. The molecule has 13 heavy (non-hydrogen) atoms. The van der Waals surface area contributed by atoms with E-state index in [2.05, 4.69) is 30.3 Å². The maximum Gasteiger partial charge on any atom is 0.0897 e. The molecule has 72 valence electrons. The van der Waals surface area contributed by atoms with E-state index in [1.54, 1.807) is 11.3 Å². The Balaban J connectivity index is 2.84. The quantitative estimate of drug-likeness (QED) is 0.442. The van der Waals surface area contributed by atoms with Gasteiger partial charge < -0.3 is 0 Å². The largest absolute Gasteiger partial charge is 0.271 e. The molecule has 0 spiro atoms.